The fourth-order valence-electron chi connectivity index (χ4n) is 1.86. The minimum atomic E-state index is -4.37. The molecule has 1 heterocycles. The molecule has 1 aromatic carbocycles. The SMILES string of the molecule is CCCn1ncnc1CNc1cc(Br)cc(C(F)(F)F)c1. The predicted octanol–water partition coefficient (Wildman–Crippen LogP) is 4.08. The first kappa shape index (κ1) is 15.8. The number of aryl methyl sites for hydroxylation is 1. The molecule has 0 fully saturated rings. The van der Waals surface area contributed by atoms with Crippen LogP contribution < -0.4 is 5.32 Å². The topological polar surface area (TPSA) is 42.7 Å². The normalized spacial score (nSPS) is 11.7. The van der Waals surface area contributed by atoms with Gasteiger partial charge >= 0.3 is 6.18 Å². The zero-order chi connectivity index (χ0) is 15.5. The molecule has 0 bridgehead atoms. The monoisotopic (exact) mass is 362 g/mol. The second kappa shape index (κ2) is 6.46. The lowest BCUT2D eigenvalue weighted by Gasteiger charge is -2.12. The lowest BCUT2D eigenvalue weighted by atomic mass is 10.2. The maximum absolute atomic E-state index is 12.8. The van der Waals surface area contributed by atoms with Gasteiger partial charge in [0.1, 0.15) is 12.2 Å². The Labute approximate surface area is 128 Å². The summed E-state index contributed by atoms with van der Waals surface area (Å²) < 4.78 is 40.4. The molecular weight excluding hydrogens is 349 g/mol. The molecule has 0 unspecified atom stereocenters. The molecule has 21 heavy (non-hydrogen) atoms. The van der Waals surface area contributed by atoms with Gasteiger partial charge in [-0.2, -0.15) is 18.3 Å². The summed E-state index contributed by atoms with van der Waals surface area (Å²) in [4.78, 5) is 4.10. The van der Waals surface area contributed by atoms with Crippen LogP contribution in [0.3, 0.4) is 0 Å². The number of anilines is 1. The summed E-state index contributed by atoms with van der Waals surface area (Å²) in [5.74, 6) is 0.686. The van der Waals surface area contributed by atoms with E-state index in [9.17, 15) is 13.2 Å². The third-order valence-corrected chi connectivity index (χ3v) is 3.26. The Bertz CT molecular complexity index is 610. The van der Waals surface area contributed by atoms with Gasteiger partial charge in [-0.05, 0) is 24.6 Å². The Kier molecular flexibility index (Phi) is 4.87. The van der Waals surface area contributed by atoms with Crippen LogP contribution in [0.2, 0.25) is 0 Å². The fraction of sp³-hybridized carbons (Fsp3) is 0.385. The van der Waals surface area contributed by atoms with E-state index in [-0.39, 0.29) is 0 Å². The number of nitrogens with zero attached hydrogens (tertiary/aromatic N) is 3. The average Bonchev–Trinajstić information content (AvgIpc) is 2.83. The predicted molar refractivity (Wildman–Crippen MR) is 76.8 cm³/mol. The van der Waals surface area contributed by atoms with Gasteiger partial charge in [-0.25, -0.2) is 9.67 Å². The van der Waals surface area contributed by atoms with Crippen LogP contribution in [0.4, 0.5) is 18.9 Å². The van der Waals surface area contributed by atoms with E-state index in [1.54, 1.807) is 10.7 Å². The molecule has 1 N–H and O–H groups in total. The maximum Gasteiger partial charge on any atom is 0.416 e. The average molecular weight is 363 g/mol. The maximum atomic E-state index is 12.8. The summed E-state index contributed by atoms with van der Waals surface area (Å²) >= 11 is 3.09. The molecule has 0 atom stereocenters. The van der Waals surface area contributed by atoms with Gasteiger partial charge in [0.05, 0.1) is 12.1 Å². The standard InChI is InChI=1S/C13H14BrF3N4/c1-2-3-21-12(19-8-20-21)7-18-11-5-9(13(15,16)17)4-10(14)6-11/h4-6,8,18H,2-3,7H2,1H3. The highest BCUT2D eigenvalue weighted by Gasteiger charge is 2.31. The molecule has 4 nitrogen and oxygen atoms in total. The van der Waals surface area contributed by atoms with Gasteiger partial charge in [-0.15, -0.1) is 0 Å². The minimum absolute atomic E-state index is 0.313. The highest BCUT2D eigenvalue weighted by molar-refractivity contribution is 9.10. The molecule has 0 saturated heterocycles. The van der Waals surface area contributed by atoms with E-state index in [4.69, 9.17) is 0 Å². The van der Waals surface area contributed by atoms with Crippen molar-refractivity contribution in [2.24, 2.45) is 0 Å². The molecule has 2 rings (SSSR count). The lowest BCUT2D eigenvalue weighted by Crippen LogP contribution is -2.11. The third-order valence-electron chi connectivity index (χ3n) is 2.81. The van der Waals surface area contributed by atoms with Crippen LogP contribution in [-0.2, 0) is 19.3 Å². The summed E-state index contributed by atoms with van der Waals surface area (Å²) in [6.45, 7) is 3.06. The van der Waals surface area contributed by atoms with E-state index in [0.717, 1.165) is 25.1 Å². The number of rotatable bonds is 5. The smallest absolute Gasteiger partial charge is 0.378 e. The first-order chi connectivity index (χ1) is 9.90. The highest BCUT2D eigenvalue weighted by atomic mass is 79.9. The van der Waals surface area contributed by atoms with Crippen LogP contribution in [0, 0.1) is 0 Å². The van der Waals surface area contributed by atoms with Crippen molar-refractivity contribution in [3.8, 4) is 0 Å². The summed E-state index contributed by atoms with van der Waals surface area (Å²) in [5.41, 5.74) is -0.322. The van der Waals surface area contributed by atoms with E-state index in [1.165, 1.54) is 6.33 Å². The van der Waals surface area contributed by atoms with Gasteiger partial charge in [0.15, 0.2) is 0 Å². The van der Waals surface area contributed by atoms with Crippen molar-refractivity contribution in [3.63, 3.8) is 0 Å². The van der Waals surface area contributed by atoms with Gasteiger partial charge in [0.2, 0.25) is 0 Å². The molecule has 1 aromatic heterocycles. The molecule has 0 amide bonds. The fourth-order valence-corrected chi connectivity index (χ4v) is 2.35. The molecular formula is C13H14BrF3N4. The van der Waals surface area contributed by atoms with Crippen molar-refractivity contribution < 1.29 is 13.2 Å². The van der Waals surface area contributed by atoms with Crippen LogP contribution in [-0.4, -0.2) is 14.8 Å². The zero-order valence-corrected chi connectivity index (χ0v) is 12.9. The van der Waals surface area contributed by atoms with Crippen molar-refractivity contribution in [1.29, 1.82) is 0 Å². The Morgan fingerprint density at radius 1 is 1.29 bits per heavy atom. The van der Waals surface area contributed by atoms with Crippen molar-refractivity contribution in [1.82, 2.24) is 14.8 Å². The molecule has 0 aliphatic heterocycles. The summed E-state index contributed by atoms with van der Waals surface area (Å²) in [6.07, 6.45) is -2.03. The van der Waals surface area contributed by atoms with Crippen LogP contribution in [0.1, 0.15) is 24.7 Å². The van der Waals surface area contributed by atoms with Crippen LogP contribution in [0.25, 0.3) is 0 Å². The van der Waals surface area contributed by atoms with Crippen molar-refractivity contribution in [2.45, 2.75) is 32.6 Å². The van der Waals surface area contributed by atoms with Gasteiger partial charge in [0, 0.05) is 16.7 Å². The van der Waals surface area contributed by atoms with Crippen molar-refractivity contribution in [2.75, 3.05) is 5.32 Å². The first-order valence-electron chi connectivity index (χ1n) is 6.38. The van der Waals surface area contributed by atoms with Gasteiger partial charge in [-0.1, -0.05) is 22.9 Å². The molecule has 0 radical (unpaired) electrons. The van der Waals surface area contributed by atoms with Crippen LogP contribution >= 0.6 is 15.9 Å². The summed E-state index contributed by atoms with van der Waals surface area (Å²) in [6, 6.07) is 3.71. The first-order valence-corrected chi connectivity index (χ1v) is 7.18. The van der Waals surface area contributed by atoms with E-state index >= 15 is 0 Å². The number of alkyl halides is 3. The van der Waals surface area contributed by atoms with Crippen molar-refractivity contribution >= 4 is 21.6 Å². The molecule has 2 aromatic rings. The zero-order valence-electron chi connectivity index (χ0n) is 11.3. The van der Waals surface area contributed by atoms with Gasteiger partial charge in [0.25, 0.3) is 0 Å². The van der Waals surface area contributed by atoms with E-state index in [2.05, 4.69) is 31.3 Å². The van der Waals surface area contributed by atoms with E-state index in [0.29, 0.717) is 22.5 Å². The molecule has 0 spiro atoms. The number of halogens is 4. The minimum Gasteiger partial charge on any atom is -0.378 e. The molecule has 0 saturated carbocycles. The quantitative estimate of drug-likeness (QED) is 0.871. The van der Waals surface area contributed by atoms with Crippen LogP contribution in [0.15, 0.2) is 29.0 Å². The number of aromatic nitrogens is 3. The Balaban J connectivity index is 2.13. The second-order valence-corrected chi connectivity index (χ2v) is 5.39. The van der Waals surface area contributed by atoms with Crippen molar-refractivity contribution in [3.05, 3.63) is 40.4 Å². The van der Waals surface area contributed by atoms with Crippen LogP contribution in [0.5, 0.6) is 0 Å². The Hall–Kier alpha value is -1.57. The summed E-state index contributed by atoms with van der Waals surface area (Å²) in [5, 5.41) is 7.01. The van der Waals surface area contributed by atoms with E-state index in [1.807, 2.05) is 6.92 Å². The number of nitrogens with one attached hydrogen (secondary N) is 1. The second-order valence-electron chi connectivity index (χ2n) is 4.48. The molecule has 114 valence electrons. The largest absolute Gasteiger partial charge is 0.416 e. The third kappa shape index (κ3) is 4.20. The number of hydrogen-bond donors (Lipinski definition) is 1. The number of benzene rings is 1. The molecule has 0 aliphatic rings. The number of hydrogen-bond acceptors (Lipinski definition) is 3. The Morgan fingerprint density at radius 2 is 2.05 bits per heavy atom. The molecule has 0 aliphatic carbocycles. The highest BCUT2D eigenvalue weighted by Crippen LogP contribution is 2.33. The molecule has 8 heteroatoms. The summed E-state index contributed by atoms with van der Waals surface area (Å²) in [7, 11) is 0. The lowest BCUT2D eigenvalue weighted by molar-refractivity contribution is -0.137. The van der Waals surface area contributed by atoms with Gasteiger partial charge in [-0.3, -0.25) is 0 Å². The van der Waals surface area contributed by atoms with E-state index < -0.39 is 11.7 Å². The Morgan fingerprint density at radius 3 is 2.71 bits per heavy atom. The van der Waals surface area contributed by atoms with Gasteiger partial charge < -0.3 is 5.32 Å².